The molecule has 0 aromatic rings. The molecule has 4 heteroatoms. The van der Waals surface area contributed by atoms with Crippen molar-refractivity contribution in [2.45, 2.75) is 64.6 Å². The Hall–Kier alpha value is -0.610. The van der Waals surface area contributed by atoms with Crippen molar-refractivity contribution in [3.05, 3.63) is 0 Å². The lowest BCUT2D eigenvalue weighted by molar-refractivity contribution is -0.134. The maximum Gasteiger partial charge on any atom is 0.300 e. The highest BCUT2D eigenvalue weighted by Gasteiger charge is 2.35. The molecule has 0 aromatic heterocycles. The second-order valence-corrected chi connectivity index (χ2v) is 5.44. The number of aliphatic hydroxyl groups is 2. The van der Waals surface area contributed by atoms with E-state index in [0.29, 0.717) is 5.92 Å². The van der Waals surface area contributed by atoms with Crippen molar-refractivity contribution in [2.24, 2.45) is 5.92 Å². The van der Waals surface area contributed by atoms with E-state index >= 15 is 0 Å². The summed E-state index contributed by atoms with van der Waals surface area (Å²) in [5.41, 5.74) is -1.06. The first kappa shape index (κ1) is 15.4. The standard InChI is InChI=1S/C10H20O2.C2H4O2/c1-9(2,11)8-4-6-10(3,12)7-5-8;1-2(3)4/h8,11-12H,4-7H2,1-3H3;1H3,(H,3,4). The van der Waals surface area contributed by atoms with Gasteiger partial charge in [0.05, 0.1) is 11.2 Å². The van der Waals surface area contributed by atoms with Crippen molar-refractivity contribution >= 4 is 5.97 Å². The van der Waals surface area contributed by atoms with Crippen LogP contribution in [-0.2, 0) is 4.79 Å². The molecule has 4 nitrogen and oxygen atoms in total. The third kappa shape index (κ3) is 6.80. The summed E-state index contributed by atoms with van der Waals surface area (Å²) < 4.78 is 0. The Balaban J connectivity index is 0.000000487. The molecule has 0 spiro atoms. The van der Waals surface area contributed by atoms with E-state index in [1.54, 1.807) is 0 Å². The van der Waals surface area contributed by atoms with E-state index in [1.807, 2.05) is 20.8 Å². The van der Waals surface area contributed by atoms with Crippen molar-refractivity contribution in [2.75, 3.05) is 0 Å². The zero-order chi connectivity index (χ0) is 13.0. The second-order valence-electron chi connectivity index (χ2n) is 5.44. The Morgan fingerprint density at radius 2 is 1.62 bits per heavy atom. The molecule has 0 radical (unpaired) electrons. The van der Waals surface area contributed by atoms with Gasteiger partial charge in [0.15, 0.2) is 0 Å². The molecule has 96 valence electrons. The van der Waals surface area contributed by atoms with Gasteiger partial charge in [0, 0.05) is 6.92 Å². The highest BCUT2D eigenvalue weighted by Crippen LogP contribution is 2.36. The molecule has 0 aliphatic heterocycles. The molecule has 0 unspecified atom stereocenters. The minimum absolute atomic E-state index is 0.359. The van der Waals surface area contributed by atoms with Crippen LogP contribution < -0.4 is 0 Å². The molecule has 3 N–H and O–H groups in total. The molecule has 1 aliphatic carbocycles. The Kier molecular flexibility index (Phi) is 5.42. The van der Waals surface area contributed by atoms with Crippen LogP contribution in [0.1, 0.15) is 53.4 Å². The average Bonchev–Trinajstić information content (AvgIpc) is 1.99. The van der Waals surface area contributed by atoms with E-state index in [9.17, 15) is 10.2 Å². The molecule has 1 aliphatic rings. The molecule has 1 saturated carbocycles. The highest BCUT2D eigenvalue weighted by molar-refractivity contribution is 5.62. The first-order valence-electron chi connectivity index (χ1n) is 5.69. The van der Waals surface area contributed by atoms with Crippen molar-refractivity contribution in [3.63, 3.8) is 0 Å². The predicted molar refractivity (Wildman–Crippen MR) is 62.2 cm³/mol. The molecule has 0 atom stereocenters. The lowest BCUT2D eigenvalue weighted by Gasteiger charge is -2.38. The summed E-state index contributed by atoms with van der Waals surface area (Å²) in [5, 5.41) is 26.8. The smallest absolute Gasteiger partial charge is 0.300 e. The molecule has 16 heavy (non-hydrogen) atoms. The van der Waals surface area contributed by atoms with Crippen LogP contribution in [0.2, 0.25) is 0 Å². The predicted octanol–water partition coefficient (Wildman–Crippen LogP) is 1.79. The molecular weight excluding hydrogens is 208 g/mol. The van der Waals surface area contributed by atoms with E-state index in [1.165, 1.54) is 0 Å². The van der Waals surface area contributed by atoms with Gasteiger partial charge in [-0.1, -0.05) is 0 Å². The molecular formula is C12H24O4. The van der Waals surface area contributed by atoms with Gasteiger partial charge >= 0.3 is 0 Å². The van der Waals surface area contributed by atoms with Gasteiger partial charge in [0.25, 0.3) is 5.97 Å². The quantitative estimate of drug-likeness (QED) is 0.644. The van der Waals surface area contributed by atoms with Crippen LogP contribution in [0, 0.1) is 5.92 Å². The SMILES string of the molecule is CC(=O)O.CC1(O)CCC(C(C)(C)O)CC1. The summed E-state index contributed by atoms with van der Waals surface area (Å²) in [6, 6.07) is 0. The third-order valence-electron chi connectivity index (χ3n) is 3.06. The summed E-state index contributed by atoms with van der Waals surface area (Å²) in [4.78, 5) is 9.00. The normalized spacial score (nSPS) is 30.2. The summed E-state index contributed by atoms with van der Waals surface area (Å²) >= 11 is 0. The molecule has 0 bridgehead atoms. The fourth-order valence-corrected chi connectivity index (χ4v) is 1.95. The number of aliphatic carboxylic acids is 1. The summed E-state index contributed by atoms with van der Waals surface area (Å²) in [5.74, 6) is -0.474. The average molecular weight is 232 g/mol. The molecule has 1 rings (SSSR count). The molecule has 0 amide bonds. The van der Waals surface area contributed by atoms with Crippen molar-refractivity contribution in [1.29, 1.82) is 0 Å². The van der Waals surface area contributed by atoms with E-state index in [-0.39, 0.29) is 0 Å². The van der Waals surface area contributed by atoms with Gasteiger partial charge in [0.2, 0.25) is 0 Å². The number of hydrogen-bond donors (Lipinski definition) is 3. The van der Waals surface area contributed by atoms with Gasteiger partial charge in [-0.2, -0.15) is 0 Å². The van der Waals surface area contributed by atoms with Gasteiger partial charge in [-0.3, -0.25) is 4.79 Å². The van der Waals surface area contributed by atoms with Crippen LogP contribution in [0.15, 0.2) is 0 Å². The zero-order valence-electron chi connectivity index (χ0n) is 10.7. The van der Waals surface area contributed by atoms with Crippen molar-refractivity contribution in [1.82, 2.24) is 0 Å². The van der Waals surface area contributed by atoms with Crippen molar-refractivity contribution in [3.8, 4) is 0 Å². The largest absolute Gasteiger partial charge is 0.481 e. The first-order valence-corrected chi connectivity index (χ1v) is 5.69. The summed E-state index contributed by atoms with van der Waals surface area (Å²) in [7, 11) is 0. The molecule has 0 aromatic carbocycles. The second kappa shape index (κ2) is 5.64. The van der Waals surface area contributed by atoms with Gasteiger partial charge in [-0.15, -0.1) is 0 Å². The van der Waals surface area contributed by atoms with Crippen molar-refractivity contribution < 1.29 is 20.1 Å². The summed E-state index contributed by atoms with van der Waals surface area (Å²) in [6.07, 6.45) is 3.52. The lowest BCUT2D eigenvalue weighted by Crippen LogP contribution is -2.39. The monoisotopic (exact) mass is 232 g/mol. The van der Waals surface area contributed by atoms with Gasteiger partial charge in [-0.05, 0) is 52.4 Å². The van der Waals surface area contributed by atoms with Crippen LogP contribution in [0.5, 0.6) is 0 Å². The van der Waals surface area contributed by atoms with E-state index in [2.05, 4.69) is 0 Å². The topological polar surface area (TPSA) is 77.8 Å². The first-order chi connectivity index (χ1) is 7.04. The number of hydrogen-bond acceptors (Lipinski definition) is 3. The van der Waals surface area contributed by atoms with E-state index in [4.69, 9.17) is 9.90 Å². The lowest BCUT2D eigenvalue weighted by atomic mass is 9.73. The Morgan fingerprint density at radius 1 is 1.31 bits per heavy atom. The molecule has 1 fully saturated rings. The molecule has 0 heterocycles. The Morgan fingerprint density at radius 3 is 1.88 bits per heavy atom. The minimum atomic E-state index is -0.833. The Bertz CT molecular complexity index is 214. The highest BCUT2D eigenvalue weighted by atomic mass is 16.4. The van der Waals surface area contributed by atoms with Crippen LogP contribution in [0.25, 0.3) is 0 Å². The van der Waals surface area contributed by atoms with E-state index < -0.39 is 17.2 Å². The van der Waals surface area contributed by atoms with Crippen LogP contribution in [0.3, 0.4) is 0 Å². The van der Waals surface area contributed by atoms with Gasteiger partial charge in [-0.25, -0.2) is 0 Å². The minimum Gasteiger partial charge on any atom is -0.481 e. The maximum absolute atomic E-state index is 9.73. The van der Waals surface area contributed by atoms with Crippen LogP contribution in [-0.4, -0.2) is 32.5 Å². The third-order valence-corrected chi connectivity index (χ3v) is 3.06. The van der Waals surface area contributed by atoms with Gasteiger partial charge in [0.1, 0.15) is 0 Å². The fraction of sp³-hybridized carbons (Fsp3) is 0.917. The zero-order valence-corrected chi connectivity index (χ0v) is 10.7. The summed E-state index contributed by atoms with van der Waals surface area (Å²) in [6.45, 7) is 6.68. The Labute approximate surface area is 97.3 Å². The van der Waals surface area contributed by atoms with Gasteiger partial charge < -0.3 is 15.3 Å². The van der Waals surface area contributed by atoms with Crippen LogP contribution in [0.4, 0.5) is 0 Å². The number of carboxylic acids is 1. The molecule has 0 saturated heterocycles. The number of carboxylic acid groups (broad SMARTS) is 1. The maximum atomic E-state index is 9.73. The van der Waals surface area contributed by atoms with E-state index in [0.717, 1.165) is 32.6 Å². The van der Waals surface area contributed by atoms with Crippen LogP contribution >= 0.6 is 0 Å². The number of carbonyl (C=O) groups is 1. The number of rotatable bonds is 1. The fourth-order valence-electron chi connectivity index (χ4n) is 1.95.